The van der Waals surface area contributed by atoms with Crippen LogP contribution in [-0.4, -0.2) is 53.4 Å². The molecule has 0 aliphatic rings. The maximum Gasteiger partial charge on any atom is 0.671 e. The van der Waals surface area contributed by atoms with Gasteiger partial charge in [0.1, 0.15) is 5.75 Å². The van der Waals surface area contributed by atoms with Crippen molar-refractivity contribution in [2.45, 2.75) is 63.4 Å². The van der Waals surface area contributed by atoms with Gasteiger partial charge in [0.15, 0.2) is 3.23 Å². The van der Waals surface area contributed by atoms with E-state index in [1.165, 1.54) is 0 Å². The molecule has 1 aromatic rings. The van der Waals surface area contributed by atoms with E-state index < -0.39 is 22.9 Å². The summed E-state index contributed by atoms with van der Waals surface area (Å²) in [4.78, 5) is 27.5. The monoisotopic (exact) mass is 726 g/mol. The van der Waals surface area contributed by atoms with Gasteiger partial charge in [-0.3, -0.25) is 0 Å². The van der Waals surface area contributed by atoms with Crippen LogP contribution in [0.15, 0.2) is 12.1 Å². The van der Waals surface area contributed by atoms with Gasteiger partial charge in [0, 0.05) is 16.1 Å². The van der Waals surface area contributed by atoms with Gasteiger partial charge in [-0.25, -0.2) is 0 Å². The number of hydrogen-bond donors (Lipinski definition) is 3. The average Bonchev–Trinajstić information content (AvgIpc) is 2.56. The molecule has 13 heteroatoms. The Labute approximate surface area is 229 Å². The molecule has 1 aromatic carbocycles. The Kier molecular flexibility index (Phi) is 12.5. The largest absolute Gasteiger partial charge is 0.671 e. The second kappa shape index (κ2) is 12.6. The normalized spacial score (nSPS) is 17.7. The minimum atomic E-state index is -4.76. The van der Waals surface area contributed by atoms with Gasteiger partial charge in [0.25, 0.3) is 3.97 Å². The molecule has 0 bridgehead atoms. The van der Waals surface area contributed by atoms with E-state index in [0.717, 1.165) is 16.7 Å². The molecule has 0 saturated heterocycles. The lowest BCUT2D eigenvalue weighted by molar-refractivity contribution is 0.0547. The van der Waals surface area contributed by atoms with E-state index in [9.17, 15) is 0 Å². The van der Waals surface area contributed by atoms with Crippen molar-refractivity contribution < 1.29 is 23.5 Å². The summed E-state index contributed by atoms with van der Waals surface area (Å²) in [5.74, 6) is 0.460. The Morgan fingerprint density at radius 2 is 1.39 bits per heavy atom. The topological polar surface area (TPSA) is 79.2 Å². The van der Waals surface area contributed by atoms with E-state index in [4.69, 9.17) is 70.0 Å². The molecule has 0 amide bonds. The lowest BCUT2D eigenvalue weighted by Gasteiger charge is -2.35. The molecule has 0 saturated carbocycles. The zero-order chi connectivity index (χ0) is 24.2. The Balaban J connectivity index is 3.42. The van der Waals surface area contributed by atoms with E-state index >= 15 is 0 Å². The molecule has 0 aliphatic heterocycles. The first-order chi connectivity index (χ1) is 13.9. The summed E-state index contributed by atoms with van der Waals surface area (Å²) in [6.07, 6.45) is 1.72. The fraction of sp³-hybridized carbons (Fsp3) is 0.667. The fourth-order valence-corrected chi connectivity index (χ4v) is 4.96. The van der Waals surface area contributed by atoms with Crippen LogP contribution in [0.5, 0.6) is 5.75 Å². The van der Waals surface area contributed by atoms with Crippen molar-refractivity contribution in [3.63, 3.8) is 0 Å². The lowest BCUT2D eigenvalue weighted by atomic mass is 9.91. The number of halogens is 7. The Bertz CT molecular complexity index is 731. The molecule has 3 N–H and O–H groups in total. The highest BCUT2D eigenvalue weighted by Crippen LogP contribution is 2.49. The van der Waals surface area contributed by atoms with Gasteiger partial charge < -0.3 is 23.5 Å². The zero-order valence-corrected chi connectivity index (χ0v) is 25.8. The van der Waals surface area contributed by atoms with Crippen molar-refractivity contribution in [2.24, 2.45) is 0 Å². The maximum absolute atomic E-state index is 9.15. The number of ether oxygens (including phenoxy) is 1. The molecule has 0 radical (unpaired) electrons. The molecule has 0 spiro atoms. The molecule has 4 atom stereocenters. The van der Waals surface area contributed by atoms with E-state index in [-0.39, 0.29) is 16.1 Å². The number of alkyl halides is 7. The van der Waals surface area contributed by atoms with Crippen molar-refractivity contribution in [2.75, 3.05) is 6.61 Å². The second-order valence-corrected chi connectivity index (χ2v) is 16.9. The van der Waals surface area contributed by atoms with Gasteiger partial charge in [0.05, 0.1) is 6.61 Å². The highest BCUT2D eigenvalue weighted by molar-refractivity contribution is 9.26. The van der Waals surface area contributed by atoms with Crippen LogP contribution in [0, 0.1) is 0 Å². The molecule has 0 aliphatic carbocycles. The van der Waals surface area contributed by atoms with Gasteiger partial charge in [-0.1, -0.05) is 49.5 Å². The van der Waals surface area contributed by atoms with E-state index in [1.54, 1.807) is 6.07 Å². The maximum atomic E-state index is 9.15. The van der Waals surface area contributed by atoms with Gasteiger partial charge in [-0.05, 0) is 78.7 Å². The quantitative estimate of drug-likeness (QED) is 0.188. The van der Waals surface area contributed by atoms with Crippen molar-refractivity contribution in [3.8, 4) is 5.75 Å². The molecule has 0 fully saturated rings. The molecule has 4 unspecified atom stereocenters. The van der Waals surface area contributed by atoms with Crippen LogP contribution < -0.4 is 4.74 Å². The van der Waals surface area contributed by atoms with Crippen molar-refractivity contribution in [1.82, 2.24) is 0 Å². The third-order valence-corrected chi connectivity index (χ3v) is 9.40. The zero-order valence-electron chi connectivity index (χ0n) is 17.0. The third kappa shape index (κ3) is 10.4. The molecule has 1 rings (SSSR count). The van der Waals surface area contributed by atoms with Crippen LogP contribution in [0.3, 0.4) is 0 Å². The van der Waals surface area contributed by atoms with Crippen molar-refractivity contribution in [1.29, 1.82) is 0 Å². The Morgan fingerprint density at radius 3 is 1.84 bits per heavy atom. The molecule has 0 aromatic heterocycles. The number of rotatable bonds is 12. The van der Waals surface area contributed by atoms with Gasteiger partial charge >= 0.3 is 9.05 Å². The Morgan fingerprint density at radius 1 is 0.903 bits per heavy atom. The standard InChI is InChI=1S/C18H25Br3Cl4O5Si/c1-10(22)6-13-4-5-16(15(8-12(3)24)14(13)7-11(2)23)30-18(21,25)17(19,20)9-29-31(26,27)28/h4-5,10-12,26-28H,6-9H2,1-3H3. The Hall–Kier alpha value is 1.68. The van der Waals surface area contributed by atoms with Crippen LogP contribution in [0.25, 0.3) is 0 Å². The minimum absolute atomic E-state index is 0.0736. The second-order valence-electron chi connectivity index (χ2n) is 7.32. The summed E-state index contributed by atoms with van der Waals surface area (Å²) in [5.41, 5.74) is 2.90. The van der Waals surface area contributed by atoms with Crippen LogP contribution in [0.4, 0.5) is 0 Å². The molecule has 5 nitrogen and oxygen atoms in total. The molecule has 180 valence electrons. The number of benzene rings is 1. The first-order valence-electron chi connectivity index (χ1n) is 9.26. The van der Waals surface area contributed by atoms with Crippen molar-refractivity contribution in [3.05, 3.63) is 28.8 Å². The third-order valence-electron chi connectivity index (χ3n) is 4.07. The fourth-order valence-electron chi connectivity index (χ4n) is 2.83. The highest BCUT2D eigenvalue weighted by Gasteiger charge is 2.51. The predicted octanol–water partition coefficient (Wildman–Crippen LogP) is 5.78. The summed E-state index contributed by atoms with van der Waals surface area (Å²) >= 11 is 35.4. The van der Waals surface area contributed by atoms with Crippen LogP contribution in [0.2, 0.25) is 0 Å². The summed E-state index contributed by atoms with van der Waals surface area (Å²) in [6, 6.07) is 3.70. The van der Waals surface area contributed by atoms with Crippen LogP contribution >= 0.6 is 94.2 Å². The summed E-state index contributed by atoms with van der Waals surface area (Å²) in [5, 5.41) is -0.401. The van der Waals surface area contributed by atoms with Crippen LogP contribution in [-0.2, 0) is 23.7 Å². The summed E-state index contributed by atoms with van der Waals surface area (Å²) in [7, 11) is -4.76. The van der Waals surface area contributed by atoms with E-state index in [0.29, 0.717) is 25.0 Å². The average molecular weight is 731 g/mol. The van der Waals surface area contributed by atoms with E-state index in [1.807, 2.05) is 26.8 Å². The van der Waals surface area contributed by atoms with Crippen molar-refractivity contribution >= 4 is 103 Å². The predicted molar refractivity (Wildman–Crippen MR) is 141 cm³/mol. The van der Waals surface area contributed by atoms with Gasteiger partial charge in [-0.2, -0.15) is 0 Å². The molecular weight excluding hydrogens is 706 g/mol. The first-order valence-corrected chi connectivity index (χ1v) is 15.1. The summed E-state index contributed by atoms with van der Waals surface area (Å²) in [6.45, 7) is 5.26. The van der Waals surface area contributed by atoms with E-state index in [2.05, 4.69) is 47.8 Å². The molecule has 31 heavy (non-hydrogen) atoms. The minimum Gasteiger partial charge on any atom is -0.459 e. The smallest absolute Gasteiger partial charge is 0.459 e. The molecule has 0 heterocycles. The highest BCUT2D eigenvalue weighted by atomic mass is 79.9. The number of hydrogen-bond acceptors (Lipinski definition) is 5. The van der Waals surface area contributed by atoms with Gasteiger partial charge in [-0.15, -0.1) is 34.8 Å². The molecular formula is C18H25Br3Cl4O5Si. The summed E-state index contributed by atoms with van der Waals surface area (Å²) < 4.78 is 7.80. The first kappa shape index (κ1) is 30.7. The lowest BCUT2D eigenvalue weighted by Crippen LogP contribution is -2.49. The van der Waals surface area contributed by atoms with Gasteiger partial charge in [0.2, 0.25) is 0 Å². The SMILES string of the molecule is CC(Cl)Cc1ccc(OC(Cl)(Br)C(Br)(Br)CO[Si](O)(O)O)c(CC(C)Cl)c1CC(C)Cl. The van der Waals surface area contributed by atoms with Crippen LogP contribution in [0.1, 0.15) is 37.5 Å².